The number of phenols is 1. The molecule has 2 aromatic carbocycles. The third-order valence-electron chi connectivity index (χ3n) is 3.51. The standard InChI is InChI=1S/C17H12BrClO4/c1-9-12(19)7-11(17(21)16(9)18)13(20)4-2-10-3-5-14-15(6-10)23-8-22-14/h2-7,21H,8H2,1H3/b4-2+. The maximum atomic E-state index is 12.3. The molecule has 1 N–H and O–H groups in total. The lowest BCUT2D eigenvalue weighted by Gasteiger charge is -2.08. The van der Waals surface area contributed by atoms with E-state index in [2.05, 4.69) is 15.9 Å². The summed E-state index contributed by atoms with van der Waals surface area (Å²) >= 11 is 9.31. The van der Waals surface area contributed by atoms with Gasteiger partial charge in [-0.05, 0) is 58.3 Å². The summed E-state index contributed by atoms with van der Waals surface area (Å²) in [6, 6.07) is 6.84. The molecular weight excluding hydrogens is 384 g/mol. The molecule has 0 amide bonds. The van der Waals surface area contributed by atoms with E-state index in [4.69, 9.17) is 21.1 Å². The molecule has 0 atom stereocenters. The number of rotatable bonds is 3. The fraction of sp³-hybridized carbons (Fsp3) is 0.118. The van der Waals surface area contributed by atoms with E-state index in [0.717, 1.165) is 5.56 Å². The van der Waals surface area contributed by atoms with Crippen LogP contribution in [-0.2, 0) is 0 Å². The predicted octanol–water partition coefficient (Wildman–Crippen LogP) is 4.74. The Morgan fingerprint density at radius 3 is 2.83 bits per heavy atom. The predicted molar refractivity (Wildman–Crippen MR) is 91.5 cm³/mol. The number of benzene rings is 2. The van der Waals surface area contributed by atoms with Crippen molar-refractivity contribution in [2.24, 2.45) is 0 Å². The second-order valence-corrected chi connectivity index (χ2v) is 6.20. The number of carbonyl (C=O) groups excluding carboxylic acids is 1. The van der Waals surface area contributed by atoms with Gasteiger partial charge in [-0.15, -0.1) is 0 Å². The minimum atomic E-state index is -0.345. The van der Waals surface area contributed by atoms with E-state index in [1.807, 2.05) is 6.07 Å². The minimum absolute atomic E-state index is 0.118. The van der Waals surface area contributed by atoms with Crippen LogP contribution in [0.1, 0.15) is 21.5 Å². The number of hydrogen-bond donors (Lipinski definition) is 1. The first-order valence-corrected chi connectivity index (χ1v) is 7.94. The topological polar surface area (TPSA) is 55.8 Å². The molecule has 0 unspecified atom stereocenters. The number of aromatic hydroxyl groups is 1. The minimum Gasteiger partial charge on any atom is -0.506 e. The van der Waals surface area contributed by atoms with Crippen molar-refractivity contribution in [3.05, 3.63) is 56.5 Å². The van der Waals surface area contributed by atoms with E-state index >= 15 is 0 Å². The number of halogens is 2. The third-order valence-corrected chi connectivity index (χ3v) is 4.87. The SMILES string of the molecule is Cc1c(Cl)cc(C(=O)/C=C/c2ccc3c(c2)OCO3)c(O)c1Br. The van der Waals surface area contributed by atoms with Crippen molar-refractivity contribution < 1.29 is 19.4 Å². The zero-order valence-electron chi connectivity index (χ0n) is 12.1. The molecule has 0 radical (unpaired) electrons. The lowest BCUT2D eigenvalue weighted by atomic mass is 10.1. The zero-order valence-corrected chi connectivity index (χ0v) is 14.4. The lowest BCUT2D eigenvalue weighted by molar-refractivity contribution is 0.104. The first-order chi connectivity index (χ1) is 11.0. The van der Waals surface area contributed by atoms with Gasteiger partial charge in [-0.2, -0.15) is 0 Å². The van der Waals surface area contributed by atoms with Crippen LogP contribution in [-0.4, -0.2) is 17.7 Å². The smallest absolute Gasteiger partial charge is 0.231 e. The maximum absolute atomic E-state index is 12.3. The number of fused-ring (bicyclic) bond motifs is 1. The Morgan fingerprint density at radius 1 is 1.30 bits per heavy atom. The van der Waals surface area contributed by atoms with Gasteiger partial charge in [0.1, 0.15) is 5.75 Å². The molecule has 0 saturated carbocycles. The summed E-state index contributed by atoms with van der Waals surface area (Å²) in [5.74, 6) is 0.860. The highest BCUT2D eigenvalue weighted by Crippen LogP contribution is 2.36. The van der Waals surface area contributed by atoms with Gasteiger partial charge in [0, 0.05) is 5.02 Å². The summed E-state index contributed by atoms with van der Waals surface area (Å²) in [5.41, 5.74) is 1.62. The molecule has 1 aliphatic heterocycles. The number of hydrogen-bond acceptors (Lipinski definition) is 4. The van der Waals surface area contributed by atoms with E-state index in [1.54, 1.807) is 25.1 Å². The van der Waals surface area contributed by atoms with Crippen LogP contribution in [0.5, 0.6) is 17.2 Å². The molecule has 1 heterocycles. The normalized spacial score (nSPS) is 12.8. The van der Waals surface area contributed by atoms with Crippen LogP contribution in [0.15, 0.2) is 34.8 Å². The molecule has 4 nitrogen and oxygen atoms in total. The molecule has 0 aliphatic carbocycles. The van der Waals surface area contributed by atoms with Crippen molar-refractivity contribution >= 4 is 39.4 Å². The molecule has 1 aliphatic rings. The molecular formula is C17H12BrClO4. The maximum Gasteiger partial charge on any atom is 0.231 e. The molecule has 0 spiro atoms. The van der Waals surface area contributed by atoms with Crippen molar-refractivity contribution in [1.29, 1.82) is 0 Å². The number of phenolic OH excluding ortho intramolecular Hbond substituents is 1. The number of allylic oxidation sites excluding steroid dienone is 1. The second-order valence-electron chi connectivity index (χ2n) is 5.00. The second kappa shape index (κ2) is 6.26. The Morgan fingerprint density at radius 2 is 2.04 bits per heavy atom. The molecule has 2 aromatic rings. The molecule has 3 rings (SSSR count). The van der Waals surface area contributed by atoms with Crippen molar-refractivity contribution in [2.45, 2.75) is 6.92 Å². The van der Waals surface area contributed by atoms with Crippen LogP contribution in [0, 0.1) is 6.92 Å². The van der Waals surface area contributed by atoms with Crippen LogP contribution in [0.3, 0.4) is 0 Å². The van der Waals surface area contributed by atoms with Crippen molar-refractivity contribution in [3.8, 4) is 17.2 Å². The summed E-state index contributed by atoms with van der Waals surface area (Å²) in [4.78, 5) is 12.3. The van der Waals surface area contributed by atoms with Gasteiger partial charge in [0.2, 0.25) is 6.79 Å². The van der Waals surface area contributed by atoms with Gasteiger partial charge in [-0.25, -0.2) is 0 Å². The van der Waals surface area contributed by atoms with Gasteiger partial charge in [0.25, 0.3) is 0 Å². The zero-order chi connectivity index (χ0) is 16.6. The largest absolute Gasteiger partial charge is 0.506 e. The van der Waals surface area contributed by atoms with Crippen LogP contribution in [0.4, 0.5) is 0 Å². The highest BCUT2D eigenvalue weighted by molar-refractivity contribution is 9.10. The highest BCUT2D eigenvalue weighted by atomic mass is 79.9. The average molecular weight is 396 g/mol. The van der Waals surface area contributed by atoms with Crippen LogP contribution >= 0.6 is 27.5 Å². The van der Waals surface area contributed by atoms with E-state index < -0.39 is 0 Å². The van der Waals surface area contributed by atoms with Crippen LogP contribution < -0.4 is 9.47 Å². The third kappa shape index (κ3) is 3.07. The molecule has 0 bridgehead atoms. The Labute approximate surface area is 146 Å². The van der Waals surface area contributed by atoms with Crippen molar-refractivity contribution in [1.82, 2.24) is 0 Å². The van der Waals surface area contributed by atoms with Crippen LogP contribution in [0.25, 0.3) is 6.08 Å². The van der Waals surface area contributed by atoms with Crippen LogP contribution in [0.2, 0.25) is 5.02 Å². The van der Waals surface area contributed by atoms with Gasteiger partial charge in [-0.3, -0.25) is 4.79 Å². The lowest BCUT2D eigenvalue weighted by Crippen LogP contribution is -1.97. The Bertz CT molecular complexity index is 830. The molecule has 0 aromatic heterocycles. The first-order valence-electron chi connectivity index (χ1n) is 6.77. The van der Waals surface area contributed by atoms with Gasteiger partial charge < -0.3 is 14.6 Å². The Kier molecular flexibility index (Phi) is 4.33. The molecule has 0 saturated heterocycles. The van der Waals surface area contributed by atoms with E-state index in [-0.39, 0.29) is 23.9 Å². The molecule has 0 fully saturated rings. The number of ether oxygens (including phenoxy) is 2. The Hall–Kier alpha value is -1.98. The van der Waals surface area contributed by atoms with Crippen molar-refractivity contribution in [2.75, 3.05) is 6.79 Å². The number of ketones is 1. The van der Waals surface area contributed by atoms with E-state index in [9.17, 15) is 9.90 Å². The van der Waals surface area contributed by atoms with E-state index in [1.165, 1.54) is 12.1 Å². The monoisotopic (exact) mass is 394 g/mol. The number of carbonyl (C=O) groups is 1. The van der Waals surface area contributed by atoms with E-state index in [0.29, 0.717) is 26.6 Å². The van der Waals surface area contributed by atoms with Gasteiger partial charge in [0.05, 0.1) is 10.0 Å². The van der Waals surface area contributed by atoms with Gasteiger partial charge >= 0.3 is 0 Å². The quantitative estimate of drug-likeness (QED) is 0.602. The summed E-state index contributed by atoms with van der Waals surface area (Å²) in [6.07, 6.45) is 3.02. The Balaban J connectivity index is 1.87. The fourth-order valence-corrected chi connectivity index (χ4v) is 2.92. The summed E-state index contributed by atoms with van der Waals surface area (Å²) in [5, 5.41) is 10.5. The molecule has 23 heavy (non-hydrogen) atoms. The van der Waals surface area contributed by atoms with Gasteiger partial charge in [0.15, 0.2) is 17.3 Å². The highest BCUT2D eigenvalue weighted by Gasteiger charge is 2.16. The summed E-state index contributed by atoms with van der Waals surface area (Å²) in [7, 11) is 0. The van der Waals surface area contributed by atoms with Gasteiger partial charge in [-0.1, -0.05) is 23.7 Å². The first kappa shape index (κ1) is 15.9. The molecule has 6 heteroatoms. The summed E-state index contributed by atoms with van der Waals surface area (Å²) < 4.78 is 10.9. The summed E-state index contributed by atoms with van der Waals surface area (Å²) in [6.45, 7) is 1.95. The van der Waals surface area contributed by atoms with Crippen molar-refractivity contribution in [3.63, 3.8) is 0 Å². The fourth-order valence-electron chi connectivity index (χ4n) is 2.17. The average Bonchev–Trinajstić information content (AvgIpc) is 3.01. The molecule has 118 valence electrons.